The first-order valence-electron chi connectivity index (χ1n) is 24.7. The van der Waals surface area contributed by atoms with Crippen LogP contribution in [0.2, 0.25) is 0 Å². The van der Waals surface area contributed by atoms with Crippen LogP contribution in [0, 0.1) is 0 Å². The van der Waals surface area contributed by atoms with E-state index >= 15 is 0 Å². The number of hydroxylamine groups is 2. The van der Waals surface area contributed by atoms with Crippen molar-refractivity contribution in [3.63, 3.8) is 0 Å². The summed E-state index contributed by atoms with van der Waals surface area (Å²) >= 11 is 0. The highest BCUT2D eigenvalue weighted by atomic mass is 32.2. The zero-order chi connectivity index (χ0) is 53.2. The molecule has 0 aliphatic carbocycles. The highest BCUT2D eigenvalue weighted by Crippen LogP contribution is 2.52. The van der Waals surface area contributed by atoms with Gasteiger partial charge in [0.1, 0.15) is 16.7 Å². The second kappa shape index (κ2) is 24.2. The number of amides is 4. The van der Waals surface area contributed by atoms with Crippen LogP contribution in [-0.4, -0.2) is 116 Å². The third kappa shape index (κ3) is 14.6. The Bertz CT molecular complexity index is 2920. The maximum absolute atomic E-state index is 12.7. The summed E-state index contributed by atoms with van der Waals surface area (Å²) in [6.45, 7) is 4.94. The summed E-state index contributed by atoms with van der Waals surface area (Å²) in [6.07, 6.45) is 15.4. The molecule has 4 N–H and O–H groups in total. The van der Waals surface area contributed by atoms with Crippen LogP contribution in [0.25, 0.3) is 0 Å². The molecule has 2 unspecified atom stereocenters. The van der Waals surface area contributed by atoms with Crippen molar-refractivity contribution in [3.05, 3.63) is 83.6 Å². The number of carbonyl (C=O) groups excluding carboxylic acids is 5. The number of nitrogens with zero attached hydrogens (tertiary/aromatic N) is 3. The van der Waals surface area contributed by atoms with Crippen molar-refractivity contribution < 1.29 is 72.3 Å². The largest absolute Gasteiger partial charge is 0.744 e. The summed E-state index contributed by atoms with van der Waals surface area (Å²) in [6, 6.07) is 8.53. The predicted octanol–water partition coefficient (Wildman–Crippen LogP) is 5.56. The number of hydrogen-bond donors (Lipinski definition) is 4. The lowest BCUT2D eigenvalue weighted by molar-refractivity contribution is -0.437. The number of rotatable bonds is 13. The van der Waals surface area contributed by atoms with E-state index in [-0.39, 0.29) is 74.9 Å². The lowest BCUT2D eigenvalue weighted by atomic mass is 9.75. The van der Waals surface area contributed by atoms with Gasteiger partial charge in [-0.2, -0.15) is 21.4 Å². The van der Waals surface area contributed by atoms with Gasteiger partial charge < -0.3 is 24.9 Å². The summed E-state index contributed by atoms with van der Waals surface area (Å²) < 4.78 is 108. The molecule has 4 amide bonds. The van der Waals surface area contributed by atoms with Crippen LogP contribution in [0.4, 0.5) is 11.4 Å². The molecule has 0 bridgehead atoms. The van der Waals surface area contributed by atoms with Gasteiger partial charge in [0.15, 0.2) is 5.71 Å². The fourth-order valence-electron chi connectivity index (χ4n) is 10.1. The topological polar surface area (TPSA) is 294 Å². The van der Waals surface area contributed by atoms with Gasteiger partial charge in [-0.3, -0.25) is 28.3 Å². The van der Waals surface area contributed by atoms with Crippen molar-refractivity contribution in [1.82, 2.24) is 15.7 Å². The molecule has 0 saturated carbocycles. The number of nitrogens with one attached hydrogen (secondary N) is 2. The molecular weight excluding hydrogens is 1010 g/mol. The van der Waals surface area contributed by atoms with E-state index in [4.69, 9.17) is 4.84 Å². The summed E-state index contributed by atoms with van der Waals surface area (Å²) in [4.78, 5) is 68.3. The molecule has 23 heteroatoms. The number of hydrogen-bond acceptors (Lipinski definition) is 14. The minimum absolute atomic E-state index is 0.0154. The monoisotopic (exact) mass is 1070 g/mol. The fraction of sp³-hybridized carbons (Fsp3) is 0.520. The zero-order valence-electron chi connectivity index (χ0n) is 41.2. The van der Waals surface area contributed by atoms with E-state index in [9.17, 15) is 62.9 Å². The summed E-state index contributed by atoms with van der Waals surface area (Å²) in [5, 5.41) is 6.18. The van der Waals surface area contributed by atoms with Gasteiger partial charge >= 0.3 is 5.97 Å². The van der Waals surface area contributed by atoms with Gasteiger partial charge in [0.2, 0.25) is 17.5 Å². The van der Waals surface area contributed by atoms with E-state index < -0.39 is 69.6 Å². The molecule has 1 saturated heterocycles. The van der Waals surface area contributed by atoms with Crippen LogP contribution >= 0.6 is 0 Å². The molecule has 6 rings (SSSR count). The molecule has 2 aromatic rings. The fourth-order valence-corrected chi connectivity index (χ4v) is 11.6. The predicted molar refractivity (Wildman–Crippen MR) is 268 cm³/mol. The van der Waals surface area contributed by atoms with Gasteiger partial charge in [0, 0.05) is 92.7 Å². The quantitative estimate of drug-likeness (QED) is 0.0826. The minimum Gasteiger partial charge on any atom is -0.744 e. The van der Waals surface area contributed by atoms with Crippen LogP contribution < -0.4 is 15.5 Å². The summed E-state index contributed by atoms with van der Waals surface area (Å²) in [5.74, 6) is -2.75. The van der Waals surface area contributed by atoms with Crippen LogP contribution in [-0.2, 0) is 70.0 Å². The van der Waals surface area contributed by atoms with Gasteiger partial charge in [-0.1, -0.05) is 50.3 Å². The number of allylic oxidation sites excluding steroid dienone is 6. The van der Waals surface area contributed by atoms with Crippen molar-refractivity contribution in [1.29, 1.82) is 0 Å². The second-order valence-electron chi connectivity index (χ2n) is 19.3. The number of carbonyl (C=O) groups is 5. The number of benzene rings is 2. The molecule has 4 aliphatic rings. The number of fused-ring (bicyclic) bond motifs is 6. The maximum Gasteiger partial charge on any atom is 0.333 e. The normalized spacial score (nSPS) is 22.1. The van der Waals surface area contributed by atoms with Crippen LogP contribution in [0.1, 0.15) is 134 Å². The van der Waals surface area contributed by atoms with E-state index in [1.807, 2.05) is 30.6 Å². The van der Waals surface area contributed by atoms with Crippen molar-refractivity contribution >= 4 is 77.0 Å². The van der Waals surface area contributed by atoms with Crippen LogP contribution in [0.3, 0.4) is 0 Å². The molecule has 0 spiro atoms. The SMILES string of the molecule is CC1(CCCCCC(=O)ON2C(=O)CCC2=O)C2=CC=CC=CC3=[N+](CCCS(=O)(=O)O)c4ccc(S(=O)(=O)O)cc4C3(C)CCCCCC(=O)NCCNC(=O)CCCCCN2c2ccc(S(=O)(=O)[O-])cc21. The van der Waals surface area contributed by atoms with Gasteiger partial charge in [-0.15, -0.1) is 5.06 Å². The first-order chi connectivity index (χ1) is 34.4. The summed E-state index contributed by atoms with van der Waals surface area (Å²) in [7, 11) is -13.8. The molecule has 1 fully saturated rings. The zero-order valence-corrected chi connectivity index (χ0v) is 43.6. The van der Waals surface area contributed by atoms with Crippen molar-refractivity contribution in [2.45, 2.75) is 144 Å². The molecule has 2 aromatic carbocycles. The molecule has 73 heavy (non-hydrogen) atoms. The molecule has 4 heterocycles. The first kappa shape index (κ1) is 56.7. The smallest absolute Gasteiger partial charge is 0.333 e. The molecule has 0 aromatic heterocycles. The lowest BCUT2D eigenvalue weighted by Crippen LogP contribution is -2.34. The molecule has 398 valence electrons. The molecule has 4 aliphatic heterocycles. The van der Waals surface area contributed by atoms with Crippen molar-refractivity contribution in [2.24, 2.45) is 0 Å². The third-order valence-electron chi connectivity index (χ3n) is 13.9. The molecular formula is C50H65N5O15S3. The Morgan fingerprint density at radius 1 is 0.753 bits per heavy atom. The Morgan fingerprint density at radius 3 is 2.04 bits per heavy atom. The van der Waals surface area contributed by atoms with Crippen molar-refractivity contribution in [3.8, 4) is 0 Å². The van der Waals surface area contributed by atoms with Crippen LogP contribution in [0.15, 0.2) is 82.3 Å². The Kier molecular flexibility index (Phi) is 18.8. The average molecular weight is 1070 g/mol. The van der Waals surface area contributed by atoms with Crippen molar-refractivity contribution in [2.75, 3.05) is 36.8 Å². The molecule has 2 atom stereocenters. The minimum atomic E-state index is -4.87. The second-order valence-corrected chi connectivity index (χ2v) is 23.6. The Labute approximate surface area is 427 Å². The Balaban J connectivity index is 1.37. The number of anilines is 1. The number of unbranched alkanes of at least 4 members (excludes halogenated alkanes) is 2. The lowest BCUT2D eigenvalue weighted by Gasteiger charge is -2.30. The highest BCUT2D eigenvalue weighted by molar-refractivity contribution is 7.86. The van der Waals surface area contributed by atoms with E-state index in [0.717, 1.165) is 5.70 Å². The van der Waals surface area contributed by atoms with E-state index in [1.165, 1.54) is 24.3 Å². The third-order valence-corrected chi connectivity index (χ3v) is 16.4. The van der Waals surface area contributed by atoms with Gasteiger partial charge in [0.05, 0.1) is 21.0 Å². The van der Waals surface area contributed by atoms with E-state index in [0.29, 0.717) is 110 Å². The molecule has 0 radical (unpaired) electrons. The first-order valence-corrected chi connectivity index (χ1v) is 29.1. The van der Waals surface area contributed by atoms with Gasteiger partial charge in [-0.25, -0.2) is 13.2 Å². The highest BCUT2D eigenvalue weighted by Gasteiger charge is 2.48. The summed E-state index contributed by atoms with van der Waals surface area (Å²) in [5.41, 5.74) is 2.12. The molecule has 20 nitrogen and oxygen atoms in total. The maximum atomic E-state index is 12.7. The Hall–Kier alpha value is -5.59. The van der Waals surface area contributed by atoms with Crippen LogP contribution in [0.5, 0.6) is 0 Å². The standard InChI is InChI=1S/C50H65N5O15S3/c1-49(28-13-5-11-20-48(60)70-55-46(58)25-26-47(55)59)38-34-36(72(64,65)66)21-23-40(38)53-31-14-6-10-19-45(57)52-30-29-51-44(56)18-9-4-12-27-50(2)39-35-37(73(67,68)69)22-24-41(39)54(32-15-33-71(61,62)63)43(50)17-8-3-7-16-42(49)53/h3,7-8,16-17,21-24,34-35H,4-6,9-15,18-20,25-33H2,1-2H3,(H4-,51,52,56,57,61,62,63,64,65,66,67,68,69). The Morgan fingerprint density at radius 2 is 1.40 bits per heavy atom. The van der Waals surface area contributed by atoms with E-state index in [2.05, 4.69) is 15.5 Å². The van der Waals surface area contributed by atoms with E-state index in [1.54, 1.807) is 30.4 Å². The van der Waals surface area contributed by atoms with Gasteiger partial charge in [0.25, 0.3) is 32.1 Å². The average Bonchev–Trinajstić information content (AvgIpc) is 3.84. The number of imide groups is 1. The van der Waals surface area contributed by atoms with Gasteiger partial charge in [-0.05, 0) is 94.3 Å².